The summed E-state index contributed by atoms with van der Waals surface area (Å²) in [6.45, 7) is 3.53. The summed E-state index contributed by atoms with van der Waals surface area (Å²) < 4.78 is 0. The zero-order valence-corrected chi connectivity index (χ0v) is 9.60. The van der Waals surface area contributed by atoms with E-state index in [4.69, 9.17) is 23.2 Å². The first kappa shape index (κ1) is 11.6. The molecule has 1 aromatic rings. The maximum atomic E-state index is 10.0. The molecule has 76 valence electrons. The molecule has 0 aliphatic heterocycles. The lowest BCUT2D eigenvalue weighted by molar-refractivity contribution is 0.111. The molecule has 14 heavy (non-hydrogen) atoms. The molecule has 0 radical (unpaired) electrons. The van der Waals surface area contributed by atoms with E-state index in [0.717, 1.165) is 0 Å². The summed E-state index contributed by atoms with van der Waals surface area (Å²) in [5, 5.41) is 11.1. The maximum Gasteiger partial charge on any atom is 0.106 e. The highest BCUT2D eigenvalue weighted by molar-refractivity contribution is 6.35. The first-order chi connectivity index (χ1) is 6.47. The number of benzene rings is 1. The second-order valence-corrected chi connectivity index (χ2v) is 4.12. The molecule has 1 rings (SSSR count). The Balaban J connectivity index is 3.19. The van der Waals surface area contributed by atoms with Crippen molar-refractivity contribution in [2.24, 2.45) is 0 Å². The molecule has 0 amide bonds. The van der Waals surface area contributed by atoms with Crippen LogP contribution in [-0.2, 0) is 5.60 Å². The van der Waals surface area contributed by atoms with Gasteiger partial charge in [-0.15, -0.1) is 0 Å². The Labute approximate surface area is 94.0 Å². The van der Waals surface area contributed by atoms with Gasteiger partial charge in [-0.1, -0.05) is 41.4 Å². The molecule has 3 heteroatoms. The van der Waals surface area contributed by atoms with Crippen LogP contribution in [0.1, 0.15) is 19.4 Å². The summed E-state index contributed by atoms with van der Waals surface area (Å²) in [4.78, 5) is 0. The minimum atomic E-state index is -1.05. The molecule has 1 unspecified atom stereocenters. The van der Waals surface area contributed by atoms with E-state index < -0.39 is 5.60 Å². The molecule has 1 aromatic carbocycles. The lowest BCUT2D eigenvalue weighted by Gasteiger charge is -2.20. The van der Waals surface area contributed by atoms with E-state index in [2.05, 4.69) is 0 Å². The smallest absolute Gasteiger partial charge is 0.106 e. The van der Waals surface area contributed by atoms with Crippen LogP contribution in [-0.4, -0.2) is 5.11 Å². The molecule has 0 fully saturated rings. The topological polar surface area (TPSA) is 20.2 Å². The predicted octanol–water partition coefficient (Wildman–Crippen LogP) is 3.78. The molecule has 0 bridgehead atoms. The van der Waals surface area contributed by atoms with Gasteiger partial charge in [-0.3, -0.25) is 0 Å². The summed E-state index contributed by atoms with van der Waals surface area (Å²) in [6.07, 6.45) is 3.47. The fourth-order valence-electron chi connectivity index (χ4n) is 1.31. The van der Waals surface area contributed by atoms with Gasteiger partial charge in [0.2, 0.25) is 0 Å². The van der Waals surface area contributed by atoms with Crippen molar-refractivity contribution < 1.29 is 5.11 Å². The molecule has 0 spiro atoms. The zero-order valence-electron chi connectivity index (χ0n) is 8.09. The van der Waals surface area contributed by atoms with Gasteiger partial charge in [-0.05, 0) is 26.0 Å². The van der Waals surface area contributed by atoms with E-state index in [1.54, 1.807) is 37.3 Å². The van der Waals surface area contributed by atoms with Gasteiger partial charge in [0.05, 0.1) is 0 Å². The van der Waals surface area contributed by atoms with Crippen molar-refractivity contribution in [3.8, 4) is 0 Å². The monoisotopic (exact) mass is 230 g/mol. The number of hydrogen-bond donors (Lipinski definition) is 1. The summed E-state index contributed by atoms with van der Waals surface area (Å²) in [7, 11) is 0. The van der Waals surface area contributed by atoms with E-state index in [9.17, 15) is 5.11 Å². The van der Waals surface area contributed by atoms with Crippen molar-refractivity contribution in [1.29, 1.82) is 0 Å². The van der Waals surface area contributed by atoms with Gasteiger partial charge in [0, 0.05) is 15.6 Å². The molecule has 0 heterocycles. The van der Waals surface area contributed by atoms with Crippen molar-refractivity contribution >= 4 is 23.2 Å². The van der Waals surface area contributed by atoms with Gasteiger partial charge in [-0.25, -0.2) is 0 Å². The molecular formula is C11H12Cl2O. The molecule has 1 nitrogen and oxygen atoms in total. The van der Waals surface area contributed by atoms with Gasteiger partial charge in [0.25, 0.3) is 0 Å². The second kappa shape index (κ2) is 4.35. The Kier molecular flexibility index (Phi) is 3.59. The Bertz CT molecular complexity index is 356. The second-order valence-electron chi connectivity index (χ2n) is 3.27. The lowest BCUT2D eigenvalue weighted by Crippen LogP contribution is -2.18. The van der Waals surface area contributed by atoms with Gasteiger partial charge in [0.1, 0.15) is 5.60 Å². The van der Waals surface area contributed by atoms with Crippen LogP contribution in [0.25, 0.3) is 0 Å². The first-order valence-electron chi connectivity index (χ1n) is 4.29. The van der Waals surface area contributed by atoms with E-state index in [1.807, 2.05) is 6.92 Å². The largest absolute Gasteiger partial charge is 0.381 e. The van der Waals surface area contributed by atoms with E-state index in [0.29, 0.717) is 15.6 Å². The van der Waals surface area contributed by atoms with Gasteiger partial charge in [-0.2, -0.15) is 0 Å². The van der Waals surface area contributed by atoms with Crippen molar-refractivity contribution in [3.63, 3.8) is 0 Å². The van der Waals surface area contributed by atoms with Crippen molar-refractivity contribution in [1.82, 2.24) is 0 Å². The third kappa shape index (κ3) is 2.50. The number of hydrogen-bond acceptors (Lipinski definition) is 1. The van der Waals surface area contributed by atoms with Crippen LogP contribution in [0.4, 0.5) is 0 Å². The lowest BCUT2D eigenvalue weighted by atomic mass is 9.95. The standard InChI is InChI=1S/C11H12Cl2O/c1-3-6-11(2,14)9-5-4-8(12)7-10(9)13/h3-7,14H,1-2H3/b6-3+. The van der Waals surface area contributed by atoms with Crippen LogP contribution in [0.15, 0.2) is 30.4 Å². The van der Waals surface area contributed by atoms with Crippen LogP contribution >= 0.6 is 23.2 Å². The fourth-order valence-corrected chi connectivity index (χ4v) is 1.91. The SMILES string of the molecule is C/C=C/C(C)(O)c1ccc(Cl)cc1Cl. The fraction of sp³-hybridized carbons (Fsp3) is 0.273. The minimum Gasteiger partial charge on any atom is -0.381 e. The molecule has 1 atom stereocenters. The molecular weight excluding hydrogens is 219 g/mol. The summed E-state index contributed by atoms with van der Waals surface area (Å²) in [5.74, 6) is 0. The van der Waals surface area contributed by atoms with Crippen LogP contribution in [0, 0.1) is 0 Å². The molecule has 0 saturated heterocycles. The normalized spacial score (nSPS) is 15.8. The minimum absolute atomic E-state index is 0.473. The van der Waals surface area contributed by atoms with Gasteiger partial charge < -0.3 is 5.11 Å². The maximum absolute atomic E-state index is 10.0. The number of halogens is 2. The van der Waals surface area contributed by atoms with E-state index >= 15 is 0 Å². The van der Waals surface area contributed by atoms with Gasteiger partial charge in [0.15, 0.2) is 0 Å². The van der Waals surface area contributed by atoms with Crippen molar-refractivity contribution in [3.05, 3.63) is 46.0 Å². The average Bonchev–Trinajstić information content (AvgIpc) is 2.02. The number of allylic oxidation sites excluding steroid dienone is 1. The highest BCUT2D eigenvalue weighted by Crippen LogP contribution is 2.31. The quantitative estimate of drug-likeness (QED) is 0.768. The Morgan fingerprint density at radius 2 is 2.00 bits per heavy atom. The van der Waals surface area contributed by atoms with Crippen LogP contribution < -0.4 is 0 Å². The summed E-state index contributed by atoms with van der Waals surface area (Å²) >= 11 is 11.7. The number of rotatable bonds is 2. The Hall–Kier alpha value is -0.500. The third-order valence-corrected chi connectivity index (χ3v) is 2.52. The van der Waals surface area contributed by atoms with Crippen molar-refractivity contribution in [2.45, 2.75) is 19.4 Å². The molecule has 0 aromatic heterocycles. The molecule has 1 N–H and O–H groups in total. The van der Waals surface area contributed by atoms with Crippen LogP contribution in [0.2, 0.25) is 10.0 Å². The molecule has 0 aliphatic rings. The Morgan fingerprint density at radius 3 is 2.50 bits per heavy atom. The average molecular weight is 231 g/mol. The summed E-state index contributed by atoms with van der Waals surface area (Å²) in [6, 6.07) is 5.06. The Morgan fingerprint density at radius 1 is 1.36 bits per heavy atom. The van der Waals surface area contributed by atoms with Crippen LogP contribution in [0.3, 0.4) is 0 Å². The van der Waals surface area contributed by atoms with Crippen molar-refractivity contribution in [2.75, 3.05) is 0 Å². The van der Waals surface area contributed by atoms with E-state index in [1.165, 1.54) is 0 Å². The summed E-state index contributed by atoms with van der Waals surface area (Å²) in [5.41, 5.74) is -0.391. The predicted molar refractivity (Wildman–Crippen MR) is 60.8 cm³/mol. The highest BCUT2D eigenvalue weighted by Gasteiger charge is 2.21. The van der Waals surface area contributed by atoms with E-state index in [-0.39, 0.29) is 0 Å². The van der Waals surface area contributed by atoms with Crippen LogP contribution in [0.5, 0.6) is 0 Å². The zero-order chi connectivity index (χ0) is 10.8. The number of aliphatic hydroxyl groups is 1. The van der Waals surface area contributed by atoms with Gasteiger partial charge >= 0.3 is 0 Å². The first-order valence-corrected chi connectivity index (χ1v) is 5.04. The molecule has 0 saturated carbocycles. The highest BCUT2D eigenvalue weighted by atomic mass is 35.5. The molecule has 0 aliphatic carbocycles. The third-order valence-electron chi connectivity index (χ3n) is 1.97.